The number of H-pyrrole nitrogens is 1. The molecule has 2 fully saturated rings. The van der Waals surface area contributed by atoms with Crippen LogP contribution in [0.1, 0.15) is 23.5 Å². The van der Waals surface area contributed by atoms with E-state index in [2.05, 4.69) is 30.7 Å². The van der Waals surface area contributed by atoms with Crippen LogP contribution in [-0.4, -0.2) is 78.5 Å². The normalized spacial score (nSPS) is 20.2. The minimum absolute atomic E-state index is 0.0817. The maximum atomic E-state index is 12.5. The molecule has 4 rings (SSSR count). The third kappa shape index (κ3) is 2.62. The van der Waals surface area contributed by atoms with Gasteiger partial charge in [-0.25, -0.2) is 0 Å². The van der Waals surface area contributed by atoms with Gasteiger partial charge in [-0.1, -0.05) is 0 Å². The van der Waals surface area contributed by atoms with Gasteiger partial charge in [-0.05, 0) is 12.8 Å². The Bertz CT molecular complexity index is 735. The molecule has 0 atom stereocenters. The van der Waals surface area contributed by atoms with Crippen LogP contribution < -0.4 is 5.32 Å². The van der Waals surface area contributed by atoms with Crippen molar-refractivity contribution in [3.63, 3.8) is 0 Å². The van der Waals surface area contributed by atoms with E-state index < -0.39 is 0 Å². The van der Waals surface area contributed by atoms with E-state index in [0.29, 0.717) is 38.4 Å². The van der Waals surface area contributed by atoms with Crippen molar-refractivity contribution >= 4 is 11.8 Å². The predicted molar refractivity (Wildman–Crippen MR) is 78.1 cm³/mol. The molecule has 11 heteroatoms. The molecule has 11 nitrogen and oxygen atoms in total. The molecule has 2 aromatic rings. The largest absolute Gasteiger partial charge is 0.363 e. The number of morpholine rings is 1. The smallest absolute Gasteiger partial charge is 0.291 e. The highest BCUT2D eigenvalue weighted by molar-refractivity contribution is 5.90. The standard InChI is InChI=1S/C13H16N8O3/c22-9-5-24-13(6-14-9)1-3-20(4-2-13)11(23)10-17-12(19-18-10)21-7-15-16-8-21/h7-8H,1-6H2,(H,14,22)(H,17,18,19). The minimum Gasteiger partial charge on any atom is -0.363 e. The molecule has 2 aliphatic rings. The van der Waals surface area contributed by atoms with E-state index in [0.717, 1.165) is 0 Å². The van der Waals surface area contributed by atoms with Gasteiger partial charge in [-0.15, -0.1) is 15.3 Å². The van der Waals surface area contributed by atoms with Crippen molar-refractivity contribution in [3.8, 4) is 5.95 Å². The van der Waals surface area contributed by atoms with Crippen LogP contribution in [0, 0.1) is 0 Å². The molecule has 0 saturated carbocycles. The van der Waals surface area contributed by atoms with Gasteiger partial charge in [0, 0.05) is 19.6 Å². The number of rotatable bonds is 2. The third-order valence-electron chi connectivity index (χ3n) is 4.40. The molecule has 0 radical (unpaired) electrons. The number of aromatic nitrogens is 6. The number of carbonyl (C=O) groups is 2. The second-order valence-electron chi connectivity index (χ2n) is 5.89. The third-order valence-corrected chi connectivity index (χ3v) is 4.40. The zero-order valence-electron chi connectivity index (χ0n) is 12.8. The second kappa shape index (κ2) is 5.67. The van der Waals surface area contributed by atoms with Gasteiger partial charge in [0.05, 0.1) is 5.60 Å². The first-order valence-electron chi connectivity index (χ1n) is 7.63. The molecular weight excluding hydrogens is 316 g/mol. The average molecular weight is 332 g/mol. The van der Waals surface area contributed by atoms with Crippen molar-refractivity contribution in [1.82, 2.24) is 40.2 Å². The Labute approximate surface area is 136 Å². The molecular formula is C13H16N8O3. The first-order valence-corrected chi connectivity index (χ1v) is 7.63. The Morgan fingerprint density at radius 3 is 2.67 bits per heavy atom. The number of amides is 2. The maximum Gasteiger partial charge on any atom is 0.291 e. The summed E-state index contributed by atoms with van der Waals surface area (Å²) in [5.74, 6) is 0.182. The summed E-state index contributed by atoms with van der Waals surface area (Å²) in [6, 6.07) is 0. The van der Waals surface area contributed by atoms with Gasteiger partial charge in [0.1, 0.15) is 19.3 Å². The van der Waals surface area contributed by atoms with Gasteiger partial charge in [0.25, 0.3) is 11.9 Å². The van der Waals surface area contributed by atoms with Crippen molar-refractivity contribution < 1.29 is 14.3 Å². The fourth-order valence-corrected chi connectivity index (χ4v) is 2.94. The summed E-state index contributed by atoms with van der Waals surface area (Å²) < 4.78 is 7.21. The Balaban J connectivity index is 1.41. The monoisotopic (exact) mass is 332 g/mol. The number of piperidine rings is 1. The number of aromatic amines is 1. The molecule has 2 amide bonds. The van der Waals surface area contributed by atoms with Gasteiger partial charge in [-0.3, -0.25) is 19.3 Å². The summed E-state index contributed by atoms with van der Waals surface area (Å²) in [5, 5.41) is 16.8. The highest BCUT2D eigenvalue weighted by atomic mass is 16.5. The highest BCUT2D eigenvalue weighted by Gasteiger charge is 2.40. The fraction of sp³-hybridized carbons (Fsp3) is 0.538. The predicted octanol–water partition coefficient (Wildman–Crippen LogP) is -1.49. The second-order valence-corrected chi connectivity index (χ2v) is 5.89. The summed E-state index contributed by atoms with van der Waals surface area (Å²) in [5.41, 5.74) is -0.361. The minimum atomic E-state index is -0.361. The quantitative estimate of drug-likeness (QED) is 0.684. The molecule has 0 bridgehead atoms. The first kappa shape index (κ1) is 14.8. The molecule has 2 saturated heterocycles. The molecule has 1 spiro atoms. The Morgan fingerprint density at radius 1 is 1.25 bits per heavy atom. The van der Waals surface area contributed by atoms with Crippen LogP contribution in [0.4, 0.5) is 0 Å². The number of carbonyl (C=O) groups excluding carboxylic acids is 2. The number of nitrogens with one attached hydrogen (secondary N) is 2. The van der Waals surface area contributed by atoms with E-state index in [1.807, 2.05) is 0 Å². The lowest BCUT2D eigenvalue weighted by Crippen LogP contribution is -2.58. The lowest BCUT2D eigenvalue weighted by molar-refractivity contribution is -0.149. The summed E-state index contributed by atoms with van der Waals surface area (Å²) in [4.78, 5) is 29.7. The Kier molecular flexibility index (Phi) is 3.49. The van der Waals surface area contributed by atoms with Crippen molar-refractivity contribution in [2.75, 3.05) is 26.2 Å². The molecule has 0 unspecified atom stereocenters. The van der Waals surface area contributed by atoms with Crippen molar-refractivity contribution in [2.45, 2.75) is 18.4 Å². The number of likely N-dealkylation sites (tertiary alicyclic amines) is 1. The van der Waals surface area contributed by atoms with Crippen LogP contribution in [0.3, 0.4) is 0 Å². The Morgan fingerprint density at radius 2 is 2.00 bits per heavy atom. The number of hydrogen-bond donors (Lipinski definition) is 2. The number of nitrogens with zero attached hydrogens (tertiary/aromatic N) is 6. The van der Waals surface area contributed by atoms with Crippen LogP contribution in [0.15, 0.2) is 12.7 Å². The number of hydrogen-bond acceptors (Lipinski definition) is 7. The van der Waals surface area contributed by atoms with Gasteiger partial charge in [-0.2, -0.15) is 4.98 Å². The van der Waals surface area contributed by atoms with E-state index in [4.69, 9.17) is 4.74 Å². The topological polar surface area (TPSA) is 131 Å². The van der Waals surface area contributed by atoms with Crippen molar-refractivity contribution in [2.24, 2.45) is 0 Å². The van der Waals surface area contributed by atoms with Crippen LogP contribution >= 0.6 is 0 Å². The van der Waals surface area contributed by atoms with Gasteiger partial charge in [0.2, 0.25) is 11.7 Å². The zero-order chi connectivity index (χ0) is 16.6. The van der Waals surface area contributed by atoms with E-state index in [9.17, 15) is 9.59 Å². The van der Waals surface area contributed by atoms with E-state index in [1.165, 1.54) is 17.2 Å². The van der Waals surface area contributed by atoms with E-state index in [1.54, 1.807) is 4.90 Å². The summed E-state index contributed by atoms with van der Waals surface area (Å²) in [7, 11) is 0. The SMILES string of the molecule is O=C1COC2(CCN(C(=O)c3nc(-n4cnnc4)n[nH]3)CC2)CN1. The maximum absolute atomic E-state index is 12.5. The lowest BCUT2D eigenvalue weighted by atomic mass is 9.90. The Hall–Kier alpha value is -2.82. The summed E-state index contributed by atoms with van der Waals surface area (Å²) in [6.07, 6.45) is 4.25. The molecule has 126 valence electrons. The van der Waals surface area contributed by atoms with Gasteiger partial charge in [0.15, 0.2) is 0 Å². The lowest BCUT2D eigenvalue weighted by Gasteiger charge is -2.43. The fourth-order valence-electron chi connectivity index (χ4n) is 2.94. The van der Waals surface area contributed by atoms with Crippen LogP contribution in [0.25, 0.3) is 5.95 Å². The van der Waals surface area contributed by atoms with Gasteiger partial charge < -0.3 is 15.0 Å². The molecule has 0 aliphatic carbocycles. The van der Waals surface area contributed by atoms with Crippen molar-refractivity contribution in [1.29, 1.82) is 0 Å². The van der Waals surface area contributed by atoms with Crippen LogP contribution in [-0.2, 0) is 9.53 Å². The van der Waals surface area contributed by atoms with Crippen LogP contribution in [0.2, 0.25) is 0 Å². The molecule has 4 heterocycles. The highest BCUT2D eigenvalue weighted by Crippen LogP contribution is 2.28. The molecule has 24 heavy (non-hydrogen) atoms. The molecule has 2 aliphatic heterocycles. The summed E-state index contributed by atoms with van der Waals surface area (Å²) in [6.45, 7) is 1.65. The first-order chi connectivity index (χ1) is 11.7. The van der Waals surface area contributed by atoms with Crippen molar-refractivity contribution in [3.05, 3.63) is 18.5 Å². The zero-order valence-corrected chi connectivity index (χ0v) is 12.8. The molecule has 2 N–H and O–H groups in total. The number of ether oxygens (including phenoxy) is 1. The van der Waals surface area contributed by atoms with E-state index >= 15 is 0 Å². The molecule has 0 aromatic carbocycles. The van der Waals surface area contributed by atoms with E-state index in [-0.39, 0.29) is 29.8 Å². The summed E-state index contributed by atoms with van der Waals surface area (Å²) >= 11 is 0. The van der Waals surface area contributed by atoms with Gasteiger partial charge >= 0.3 is 0 Å². The average Bonchev–Trinajstić information content (AvgIpc) is 3.29. The molecule has 2 aromatic heterocycles. The van der Waals surface area contributed by atoms with Crippen LogP contribution in [0.5, 0.6) is 0 Å².